The van der Waals surface area contributed by atoms with Crippen molar-refractivity contribution in [3.8, 4) is 0 Å². The van der Waals surface area contributed by atoms with Gasteiger partial charge in [0, 0.05) is 0 Å². The Morgan fingerprint density at radius 3 is 2.36 bits per heavy atom. The van der Waals surface area contributed by atoms with E-state index < -0.39 is 8.07 Å². The van der Waals surface area contributed by atoms with Gasteiger partial charge in [0.25, 0.3) is 0 Å². The molecule has 0 nitrogen and oxygen atoms in total. The van der Waals surface area contributed by atoms with Gasteiger partial charge in [0.05, 0.1) is 8.07 Å². The summed E-state index contributed by atoms with van der Waals surface area (Å²) in [7, 11) is -0.975. The van der Waals surface area contributed by atoms with Crippen molar-refractivity contribution in [3.63, 3.8) is 0 Å². The van der Waals surface area contributed by atoms with Gasteiger partial charge in [-0.2, -0.15) is 0 Å². The molecule has 1 atom stereocenters. The topological polar surface area (TPSA) is 0 Å². The molecule has 1 aliphatic carbocycles. The van der Waals surface area contributed by atoms with Crippen LogP contribution in [0.15, 0.2) is 23.8 Å². The summed E-state index contributed by atoms with van der Waals surface area (Å²) in [6.45, 7) is 9.58. The van der Waals surface area contributed by atoms with Crippen molar-refractivity contribution in [1.82, 2.24) is 0 Å². The van der Waals surface area contributed by atoms with Gasteiger partial charge in [-0.25, -0.2) is 0 Å². The van der Waals surface area contributed by atoms with E-state index in [1.54, 1.807) is 5.57 Å². The maximum atomic E-state index is 2.44. The third-order valence-electron chi connectivity index (χ3n) is 2.33. The van der Waals surface area contributed by atoms with Gasteiger partial charge in [-0.05, 0) is 18.9 Å². The van der Waals surface area contributed by atoms with Crippen molar-refractivity contribution in [2.45, 2.75) is 38.5 Å². The van der Waals surface area contributed by atoms with Crippen molar-refractivity contribution < 1.29 is 0 Å². The zero-order chi connectivity index (χ0) is 8.48. The minimum atomic E-state index is -0.975. The number of rotatable bonds is 1. The largest absolute Gasteiger partial charge is 0.0844 e. The molecule has 62 valence electrons. The standard InChI is InChI=1S/C10H18Si/c1-9-7-5-6-8-10(9)11(2,3)4/h6-8,10H,5H2,1-4H3. The third kappa shape index (κ3) is 2.06. The smallest absolute Gasteiger partial charge is 0.0561 e. The second-order valence-electron chi connectivity index (χ2n) is 4.46. The Labute approximate surface area is 71.0 Å². The fourth-order valence-corrected chi connectivity index (χ4v) is 3.92. The first-order valence-electron chi connectivity index (χ1n) is 4.35. The number of hydrogen-bond acceptors (Lipinski definition) is 0. The van der Waals surface area contributed by atoms with Crippen LogP contribution in [0.25, 0.3) is 0 Å². The van der Waals surface area contributed by atoms with Crippen molar-refractivity contribution in [2.24, 2.45) is 0 Å². The van der Waals surface area contributed by atoms with Crippen molar-refractivity contribution >= 4 is 8.07 Å². The first-order chi connectivity index (χ1) is 5.02. The molecule has 0 bridgehead atoms. The molecule has 11 heavy (non-hydrogen) atoms. The summed E-state index contributed by atoms with van der Waals surface area (Å²) >= 11 is 0. The van der Waals surface area contributed by atoms with Gasteiger partial charge in [0.2, 0.25) is 0 Å². The minimum Gasteiger partial charge on any atom is -0.0844 e. The summed E-state index contributed by atoms with van der Waals surface area (Å²) in [5.74, 6) is 0. The summed E-state index contributed by atoms with van der Waals surface area (Å²) in [4.78, 5) is 0. The van der Waals surface area contributed by atoms with E-state index in [0.717, 1.165) is 12.0 Å². The molecule has 1 rings (SSSR count). The molecule has 0 heterocycles. The maximum absolute atomic E-state index is 2.44. The Bertz CT molecular complexity index is 193. The van der Waals surface area contributed by atoms with Gasteiger partial charge < -0.3 is 0 Å². The Morgan fingerprint density at radius 1 is 1.36 bits per heavy atom. The summed E-state index contributed by atoms with van der Waals surface area (Å²) in [6.07, 6.45) is 8.22. The first kappa shape index (κ1) is 8.79. The van der Waals surface area contributed by atoms with E-state index in [9.17, 15) is 0 Å². The Morgan fingerprint density at radius 2 is 2.00 bits per heavy atom. The van der Waals surface area contributed by atoms with Crippen LogP contribution in [0.3, 0.4) is 0 Å². The molecule has 0 saturated carbocycles. The lowest BCUT2D eigenvalue weighted by molar-refractivity contribution is 1.07. The van der Waals surface area contributed by atoms with Gasteiger partial charge in [0.1, 0.15) is 0 Å². The lowest BCUT2D eigenvalue weighted by Crippen LogP contribution is -2.28. The molecule has 1 unspecified atom stereocenters. The normalized spacial score (nSPS) is 25.1. The van der Waals surface area contributed by atoms with Crippen molar-refractivity contribution in [1.29, 1.82) is 0 Å². The van der Waals surface area contributed by atoms with Crippen LogP contribution in [0.1, 0.15) is 13.3 Å². The summed E-state index contributed by atoms with van der Waals surface area (Å²) in [5.41, 5.74) is 2.38. The molecule has 0 aliphatic heterocycles. The highest BCUT2D eigenvalue weighted by atomic mass is 28.3. The SMILES string of the molecule is CC1=CCC=CC1[Si](C)(C)C. The van der Waals surface area contributed by atoms with E-state index in [0.29, 0.717) is 0 Å². The molecule has 1 aliphatic rings. The molecule has 0 fully saturated rings. The molecule has 0 aromatic heterocycles. The average Bonchev–Trinajstić information content (AvgIpc) is 1.86. The Balaban J connectivity index is 2.79. The lowest BCUT2D eigenvalue weighted by atomic mass is 10.1. The second kappa shape index (κ2) is 2.98. The van der Waals surface area contributed by atoms with E-state index in [1.807, 2.05) is 0 Å². The van der Waals surface area contributed by atoms with E-state index in [2.05, 4.69) is 44.8 Å². The predicted octanol–water partition coefficient (Wildman–Crippen LogP) is 3.60. The molecule has 0 aromatic rings. The van der Waals surface area contributed by atoms with E-state index in [-0.39, 0.29) is 0 Å². The minimum absolute atomic E-state index is 0.788. The summed E-state index contributed by atoms with van der Waals surface area (Å²) in [6, 6.07) is 0. The van der Waals surface area contributed by atoms with Crippen LogP contribution < -0.4 is 0 Å². The van der Waals surface area contributed by atoms with Crippen LogP contribution in [0.5, 0.6) is 0 Å². The van der Waals surface area contributed by atoms with Gasteiger partial charge in [-0.1, -0.05) is 43.4 Å². The molecule has 0 spiro atoms. The summed E-state index contributed by atoms with van der Waals surface area (Å²) < 4.78 is 0. The van der Waals surface area contributed by atoms with Crippen LogP contribution in [0.4, 0.5) is 0 Å². The fraction of sp³-hybridized carbons (Fsp3) is 0.600. The third-order valence-corrected chi connectivity index (χ3v) is 4.84. The fourth-order valence-electron chi connectivity index (χ4n) is 1.72. The van der Waals surface area contributed by atoms with Crippen LogP contribution in [0.2, 0.25) is 25.2 Å². The number of allylic oxidation sites excluding steroid dienone is 4. The van der Waals surface area contributed by atoms with E-state index in [1.165, 1.54) is 0 Å². The van der Waals surface area contributed by atoms with Gasteiger partial charge in [-0.15, -0.1) is 0 Å². The highest BCUT2D eigenvalue weighted by Crippen LogP contribution is 2.33. The molecule has 0 radical (unpaired) electrons. The van der Waals surface area contributed by atoms with Crippen LogP contribution in [-0.2, 0) is 0 Å². The second-order valence-corrected chi connectivity index (χ2v) is 9.81. The summed E-state index contributed by atoms with van der Waals surface area (Å²) in [5, 5.41) is 0. The van der Waals surface area contributed by atoms with Crippen LogP contribution >= 0.6 is 0 Å². The van der Waals surface area contributed by atoms with E-state index in [4.69, 9.17) is 0 Å². The Kier molecular flexibility index (Phi) is 2.38. The quantitative estimate of drug-likeness (QED) is 0.412. The average molecular weight is 166 g/mol. The molecule has 1 heteroatoms. The van der Waals surface area contributed by atoms with Gasteiger partial charge >= 0.3 is 0 Å². The lowest BCUT2D eigenvalue weighted by Gasteiger charge is -2.28. The van der Waals surface area contributed by atoms with E-state index >= 15 is 0 Å². The van der Waals surface area contributed by atoms with Gasteiger partial charge in [-0.3, -0.25) is 0 Å². The Hall–Kier alpha value is -0.303. The molecule has 0 amide bonds. The maximum Gasteiger partial charge on any atom is 0.0561 e. The first-order valence-corrected chi connectivity index (χ1v) is 7.93. The van der Waals surface area contributed by atoms with Crippen molar-refractivity contribution in [2.75, 3.05) is 0 Å². The highest BCUT2D eigenvalue weighted by molar-refractivity contribution is 6.78. The molecular weight excluding hydrogens is 148 g/mol. The molecule has 0 aromatic carbocycles. The number of hydrogen-bond donors (Lipinski definition) is 0. The molecule has 0 saturated heterocycles. The predicted molar refractivity (Wildman–Crippen MR) is 54.6 cm³/mol. The zero-order valence-corrected chi connectivity index (χ0v) is 9.02. The molecular formula is C10H18Si. The highest BCUT2D eigenvalue weighted by Gasteiger charge is 2.26. The molecule has 0 N–H and O–H groups in total. The van der Waals surface area contributed by atoms with Crippen LogP contribution in [0, 0.1) is 0 Å². The zero-order valence-electron chi connectivity index (χ0n) is 8.02. The van der Waals surface area contributed by atoms with Gasteiger partial charge in [0.15, 0.2) is 0 Å². The van der Waals surface area contributed by atoms with Crippen molar-refractivity contribution in [3.05, 3.63) is 23.8 Å². The van der Waals surface area contributed by atoms with Crippen LogP contribution in [-0.4, -0.2) is 8.07 Å². The monoisotopic (exact) mass is 166 g/mol.